The Labute approximate surface area is 89.9 Å². The van der Waals surface area contributed by atoms with Gasteiger partial charge in [-0.05, 0) is 41.5 Å². The van der Waals surface area contributed by atoms with Crippen LogP contribution in [0.2, 0.25) is 5.02 Å². The molecule has 1 aromatic heterocycles. The molecule has 12 heavy (non-hydrogen) atoms. The highest BCUT2D eigenvalue weighted by Gasteiger charge is 2.22. The van der Waals surface area contributed by atoms with E-state index in [0.29, 0.717) is 6.04 Å². The number of hydrogen-bond acceptors (Lipinski definition) is 2. The Morgan fingerprint density at radius 2 is 2.33 bits per heavy atom. The van der Waals surface area contributed by atoms with Crippen LogP contribution < -0.4 is 5.32 Å². The van der Waals surface area contributed by atoms with Crippen molar-refractivity contribution in [3.05, 3.63) is 20.9 Å². The van der Waals surface area contributed by atoms with Crippen molar-refractivity contribution in [2.75, 3.05) is 5.32 Å². The zero-order chi connectivity index (χ0) is 8.55. The second-order valence-corrected chi connectivity index (χ2v) is 4.41. The van der Waals surface area contributed by atoms with Crippen molar-refractivity contribution in [2.45, 2.75) is 18.9 Å². The summed E-state index contributed by atoms with van der Waals surface area (Å²) < 4.78 is 1.05. The van der Waals surface area contributed by atoms with Crippen molar-refractivity contribution in [1.29, 1.82) is 0 Å². The minimum atomic E-state index is 0.605. The van der Waals surface area contributed by atoms with Crippen LogP contribution in [0, 0.1) is 3.57 Å². The predicted octanol–water partition coefficient (Wildman–Crippen LogP) is 2.91. The van der Waals surface area contributed by atoms with Gasteiger partial charge in [-0.25, -0.2) is 4.98 Å². The molecule has 0 bridgehead atoms. The molecule has 64 valence electrons. The molecule has 0 atom stereocenters. The summed E-state index contributed by atoms with van der Waals surface area (Å²) in [6.07, 6.45) is 4.26. The molecule has 1 aliphatic rings. The van der Waals surface area contributed by atoms with E-state index < -0.39 is 0 Å². The lowest BCUT2D eigenvalue weighted by molar-refractivity contribution is 1.11. The summed E-state index contributed by atoms with van der Waals surface area (Å²) in [5.41, 5.74) is 0. The van der Waals surface area contributed by atoms with E-state index >= 15 is 0 Å². The molecule has 0 amide bonds. The van der Waals surface area contributed by atoms with Gasteiger partial charge in [0, 0.05) is 15.8 Å². The lowest BCUT2D eigenvalue weighted by atomic mass is 10.4. The predicted molar refractivity (Wildman–Crippen MR) is 58.6 cm³/mol. The van der Waals surface area contributed by atoms with E-state index in [4.69, 9.17) is 11.6 Å². The third-order valence-electron chi connectivity index (χ3n) is 1.76. The molecule has 0 aliphatic heterocycles. The maximum Gasteiger partial charge on any atom is 0.146 e. The van der Waals surface area contributed by atoms with E-state index in [2.05, 4.69) is 32.9 Å². The standard InChI is InChI=1S/C8H8ClIN2/c9-7-6(10)3-4-11-8(7)12-5-1-2-5/h3-5H,1-2H2,(H,11,12). The first-order valence-corrected chi connectivity index (χ1v) is 5.29. The monoisotopic (exact) mass is 294 g/mol. The molecule has 1 fully saturated rings. The average molecular weight is 295 g/mol. The van der Waals surface area contributed by atoms with Crippen LogP contribution in [0.3, 0.4) is 0 Å². The smallest absolute Gasteiger partial charge is 0.146 e. The highest BCUT2D eigenvalue weighted by Crippen LogP contribution is 2.30. The van der Waals surface area contributed by atoms with Crippen LogP contribution in [0.25, 0.3) is 0 Å². The quantitative estimate of drug-likeness (QED) is 0.848. The Morgan fingerprint density at radius 1 is 1.58 bits per heavy atom. The van der Waals surface area contributed by atoms with Crippen molar-refractivity contribution in [3.63, 3.8) is 0 Å². The van der Waals surface area contributed by atoms with E-state index in [0.717, 1.165) is 14.4 Å². The van der Waals surface area contributed by atoms with Crippen molar-refractivity contribution < 1.29 is 0 Å². The lowest BCUT2D eigenvalue weighted by Gasteiger charge is -2.05. The minimum absolute atomic E-state index is 0.605. The van der Waals surface area contributed by atoms with Gasteiger partial charge in [-0.2, -0.15) is 0 Å². The summed E-state index contributed by atoms with van der Waals surface area (Å²) in [6.45, 7) is 0. The molecular weight excluding hydrogens is 286 g/mol. The first-order valence-electron chi connectivity index (χ1n) is 3.84. The van der Waals surface area contributed by atoms with Gasteiger partial charge >= 0.3 is 0 Å². The summed E-state index contributed by atoms with van der Waals surface area (Å²) in [6, 6.07) is 2.51. The van der Waals surface area contributed by atoms with Gasteiger partial charge in [0.25, 0.3) is 0 Å². The molecule has 2 rings (SSSR count). The minimum Gasteiger partial charge on any atom is -0.366 e. The number of aromatic nitrogens is 1. The molecule has 0 radical (unpaired) electrons. The SMILES string of the molecule is Clc1c(I)ccnc1NC1CC1. The normalized spacial score (nSPS) is 16.2. The highest BCUT2D eigenvalue weighted by molar-refractivity contribution is 14.1. The van der Waals surface area contributed by atoms with Crippen molar-refractivity contribution in [1.82, 2.24) is 4.98 Å². The highest BCUT2D eigenvalue weighted by atomic mass is 127. The Hall–Kier alpha value is -0.0300. The Kier molecular flexibility index (Phi) is 2.41. The van der Waals surface area contributed by atoms with Gasteiger partial charge in [0.05, 0.1) is 5.02 Å². The Morgan fingerprint density at radius 3 is 3.00 bits per heavy atom. The van der Waals surface area contributed by atoms with E-state index in [9.17, 15) is 0 Å². The van der Waals surface area contributed by atoms with Crippen molar-refractivity contribution in [2.24, 2.45) is 0 Å². The van der Waals surface area contributed by atoms with Gasteiger partial charge in [0.2, 0.25) is 0 Å². The third kappa shape index (κ3) is 1.82. The molecule has 0 spiro atoms. The molecule has 0 saturated heterocycles. The van der Waals surface area contributed by atoms with Crippen LogP contribution in [-0.2, 0) is 0 Å². The van der Waals surface area contributed by atoms with Crippen LogP contribution in [0.4, 0.5) is 5.82 Å². The van der Waals surface area contributed by atoms with Gasteiger partial charge < -0.3 is 5.32 Å². The zero-order valence-corrected chi connectivity index (χ0v) is 9.26. The van der Waals surface area contributed by atoms with Crippen LogP contribution in [0.1, 0.15) is 12.8 Å². The van der Waals surface area contributed by atoms with Gasteiger partial charge in [0.15, 0.2) is 0 Å². The number of halogens is 2. The number of nitrogens with zero attached hydrogens (tertiary/aromatic N) is 1. The van der Waals surface area contributed by atoms with E-state index in [1.54, 1.807) is 6.20 Å². The molecule has 2 nitrogen and oxygen atoms in total. The van der Waals surface area contributed by atoms with Gasteiger partial charge in [-0.3, -0.25) is 0 Å². The first-order chi connectivity index (χ1) is 5.77. The van der Waals surface area contributed by atoms with Crippen LogP contribution >= 0.6 is 34.2 Å². The molecule has 1 N–H and O–H groups in total. The average Bonchev–Trinajstić information content (AvgIpc) is 2.83. The molecule has 0 aromatic carbocycles. The first kappa shape index (κ1) is 8.56. The third-order valence-corrected chi connectivity index (χ3v) is 3.36. The van der Waals surface area contributed by atoms with Gasteiger partial charge in [-0.15, -0.1) is 0 Å². The number of pyridine rings is 1. The van der Waals surface area contributed by atoms with E-state index in [1.165, 1.54) is 12.8 Å². The molecular formula is C8H8ClIN2. The molecule has 0 unspecified atom stereocenters. The van der Waals surface area contributed by atoms with Gasteiger partial charge in [-0.1, -0.05) is 11.6 Å². The molecule has 1 aromatic rings. The molecule has 4 heteroatoms. The maximum absolute atomic E-state index is 6.03. The van der Waals surface area contributed by atoms with Crippen LogP contribution in [0.5, 0.6) is 0 Å². The van der Waals surface area contributed by atoms with Gasteiger partial charge in [0.1, 0.15) is 5.82 Å². The number of nitrogens with one attached hydrogen (secondary N) is 1. The van der Waals surface area contributed by atoms with Crippen LogP contribution in [0.15, 0.2) is 12.3 Å². The zero-order valence-electron chi connectivity index (χ0n) is 6.35. The second kappa shape index (κ2) is 3.38. The van der Waals surface area contributed by atoms with Crippen molar-refractivity contribution in [3.8, 4) is 0 Å². The lowest BCUT2D eigenvalue weighted by Crippen LogP contribution is -2.03. The summed E-state index contributed by atoms with van der Waals surface area (Å²) in [4.78, 5) is 4.17. The second-order valence-electron chi connectivity index (χ2n) is 2.87. The largest absolute Gasteiger partial charge is 0.366 e. The van der Waals surface area contributed by atoms with Crippen LogP contribution in [-0.4, -0.2) is 11.0 Å². The van der Waals surface area contributed by atoms with Crippen molar-refractivity contribution >= 4 is 40.0 Å². The molecule has 1 saturated carbocycles. The van der Waals surface area contributed by atoms with E-state index in [1.807, 2.05) is 6.07 Å². The maximum atomic E-state index is 6.03. The summed E-state index contributed by atoms with van der Waals surface area (Å²) in [5.74, 6) is 0.825. The fraction of sp³-hybridized carbons (Fsp3) is 0.375. The summed E-state index contributed by atoms with van der Waals surface area (Å²) >= 11 is 8.24. The number of hydrogen-bond donors (Lipinski definition) is 1. The Balaban J connectivity index is 2.23. The summed E-state index contributed by atoms with van der Waals surface area (Å²) in [7, 11) is 0. The fourth-order valence-electron chi connectivity index (χ4n) is 0.942. The summed E-state index contributed by atoms with van der Waals surface area (Å²) in [5, 5.41) is 4.02. The number of rotatable bonds is 2. The van der Waals surface area contributed by atoms with E-state index in [-0.39, 0.29) is 0 Å². The topological polar surface area (TPSA) is 24.9 Å². The number of anilines is 1. The molecule has 1 aliphatic carbocycles. The molecule has 1 heterocycles. The fourth-order valence-corrected chi connectivity index (χ4v) is 1.52. The Bertz CT molecular complexity index is 299.